The molecule has 2 aromatic rings. The lowest BCUT2D eigenvalue weighted by Gasteiger charge is -2.07. The van der Waals surface area contributed by atoms with E-state index >= 15 is 0 Å². The van der Waals surface area contributed by atoms with Crippen molar-refractivity contribution in [1.29, 1.82) is 0 Å². The van der Waals surface area contributed by atoms with E-state index in [4.69, 9.17) is 16.3 Å². The minimum Gasteiger partial charge on any atom is -0.506 e. The molecule has 0 spiro atoms. The van der Waals surface area contributed by atoms with E-state index in [1.807, 2.05) is 24.3 Å². The van der Waals surface area contributed by atoms with Crippen LogP contribution < -0.4 is 4.74 Å². The molecule has 1 N–H and O–H groups in total. The van der Waals surface area contributed by atoms with Crippen LogP contribution in [0.3, 0.4) is 0 Å². The molecule has 0 aromatic heterocycles. The molecule has 0 unspecified atom stereocenters. The molecule has 0 fully saturated rings. The molecule has 0 amide bonds. The first-order valence-corrected chi connectivity index (χ1v) is 4.56. The molecule has 0 aliphatic heterocycles. The Balaban J connectivity index is 2.85. The fourth-order valence-corrected chi connectivity index (χ4v) is 1.66. The molecule has 0 bridgehead atoms. The molecule has 14 heavy (non-hydrogen) atoms. The van der Waals surface area contributed by atoms with Gasteiger partial charge in [-0.3, -0.25) is 0 Å². The molecule has 2 nitrogen and oxygen atoms in total. The Hall–Kier alpha value is -1.41. The first kappa shape index (κ1) is 9.16. The molecule has 0 aliphatic rings. The Morgan fingerprint density at radius 1 is 1.29 bits per heavy atom. The number of aromatic hydroxyl groups is 1. The van der Waals surface area contributed by atoms with Gasteiger partial charge in [0.2, 0.25) is 0 Å². The Morgan fingerprint density at radius 2 is 2.00 bits per heavy atom. The summed E-state index contributed by atoms with van der Waals surface area (Å²) in [4.78, 5) is 0. The summed E-state index contributed by atoms with van der Waals surface area (Å²) < 4.78 is 5.04. The van der Waals surface area contributed by atoms with Crippen molar-refractivity contribution in [2.75, 3.05) is 7.11 Å². The summed E-state index contributed by atoms with van der Waals surface area (Å²) in [7, 11) is 1.52. The van der Waals surface area contributed by atoms with Gasteiger partial charge >= 0.3 is 0 Å². The minimum absolute atomic E-state index is 0.0709. The highest BCUT2D eigenvalue weighted by Crippen LogP contribution is 2.39. The van der Waals surface area contributed by atoms with Crippen LogP contribution in [0.1, 0.15) is 0 Å². The van der Waals surface area contributed by atoms with E-state index < -0.39 is 0 Å². The second kappa shape index (κ2) is 3.39. The highest BCUT2D eigenvalue weighted by atomic mass is 35.5. The number of hydrogen-bond acceptors (Lipinski definition) is 2. The van der Waals surface area contributed by atoms with Gasteiger partial charge < -0.3 is 9.84 Å². The third-order valence-corrected chi connectivity index (χ3v) is 2.51. The van der Waals surface area contributed by atoms with Crippen LogP contribution in [0.4, 0.5) is 0 Å². The number of fused-ring (bicyclic) bond motifs is 1. The summed E-state index contributed by atoms with van der Waals surface area (Å²) in [5.41, 5.74) is 0. The summed E-state index contributed by atoms with van der Waals surface area (Å²) in [6.45, 7) is 0. The van der Waals surface area contributed by atoms with Crippen LogP contribution in [-0.2, 0) is 0 Å². The second-order valence-electron chi connectivity index (χ2n) is 2.96. The molecule has 2 aromatic carbocycles. The average Bonchev–Trinajstić information content (AvgIpc) is 2.23. The number of phenolic OH excluding ortho intramolecular Hbond substituents is 1. The van der Waals surface area contributed by atoms with Gasteiger partial charge in [0.1, 0.15) is 16.5 Å². The fraction of sp³-hybridized carbons (Fsp3) is 0.0909. The number of phenols is 1. The zero-order valence-corrected chi connectivity index (χ0v) is 8.38. The van der Waals surface area contributed by atoms with E-state index in [0.717, 1.165) is 10.8 Å². The minimum atomic E-state index is 0.0709. The van der Waals surface area contributed by atoms with E-state index in [0.29, 0.717) is 5.75 Å². The van der Waals surface area contributed by atoms with Crippen molar-refractivity contribution in [2.45, 2.75) is 0 Å². The standard InChI is InChI=1S/C11H9ClO2/c1-14-9-6-7-4-2-3-5-8(7)11(13)10(9)12/h2-6,13H,1H3. The topological polar surface area (TPSA) is 29.5 Å². The van der Waals surface area contributed by atoms with Gasteiger partial charge in [-0.25, -0.2) is 0 Å². The summed E-state index contributed by atoms with van der Waals surface area (Å²) in [6, 6.07) is 9.27. The van der Waals surface area contributed by atoms with Crippen molar-refractivity contribution in [3.05, 3.63) is 35.4 Å². The van der Waals surface area contributed by atoms with Crippen LogP contribution in [0.5, 0.6) is 11.5 Å². The van der Waals surface area contributed by atoms with Crippen molar-refractivity contribution in [2.24, 2.45) is 0 Å². The maximum Gasteiger partial charge on any atom is 0.145 e. The van der Waals surface area contributed by atoms with Crippen LogP contribution in [0.25, 0.3) is 10.8 Å². The van der Waals surface area contributed by atoms with Crippen LogP contribution >= 0.6 is 11.6 Å². The van der Waals surface area contributed by atoms with Crippen LogP contribution in [0.15, 0.2) is 30.3 Å². The highest BCUT2D eigenvalue weighted by Gasteiger charge is 2.10. The summed E-state index contributed by atoms with van der Waals surface area (Å²) in [5.74, 6) is 0.560. The molecule has 0 radical (unpaired) electrons. The van der Waals surface area contributed by atoms with Crippen LogP contribution in [0, 0.1) is 0 Å². The van der Waals surface area contributed by atoms with Gasteiger partial charge in [-0.2, -0.15) is 0 Å². The molecule has 0 atom stereocenters. The van der Waals surface area contributed by atoms with Gasteiger partial charge in [0.15, 0.2) is 0 Å². The summed E-state index contributed by atoms with van der Waals surface area (Å²) in [6.07, 6.45) is 0. The molecular formula is C11H9ClO2. The zero-order valence-electron chi connectivity index (χ0n) is 7.62. The fourth-order valence-electron chi connectivity index (χ4n) is 1.43. The van der Waals surface area contributed by atoms with Crippen LogP contribution in [0.2, 0.25) is 5.02 Å². The van der Waals surface area contributed by atoms with Crippen molar-refractivity contribution >= 4 is 22.4 Å². The van der Waals surface area contributed by atoms with E-state index in [-0.39, 0.29) is 10.8 Å². The Bertz CT molecular complexity index is 480. The summed E-state index contributed by atoms with van der Waals surface area (Å²) >= 11 is 5.90. The Labute approximate surface area is 86.7 Å². The van der Waals surface area contributed by atoms with Gasteiger partial charge in [0.05, 0.1) is 7.11 Å². The van der Waals surface area contributed by atoms with E-state index in [9.17, 15) is 5.11 Å². The first-order chi connectivity index (χ1) is 6.74. The number of hydrogen-bond donors (Lipinski definition) is 1. The third-order valence-electron chi connectivity index (χ3n) is 2.15. The van der Waals surface area contributed by atoms with Gasteiger partial charge in [-0.05, 0) is 11.5 Å². The van der Waals surface area contributed by atoms with E-state index in [1.54, 1.807) is 6.07 Å². The maximum atomic E-state index is 9.76. The van der Waals surface area contributed by atoms with Gasteiger partial charge in [0, 0.05) is 5.39 Å². The molecule has 0 saturated carbocycles. The number of benzene rings is 2. The van der Waals surface area contributed by atoms with Crippen molar-refractivity contribution < 1.29 is 9.84 Å². The predicted molar refractivity (Wildman–Crippen MR) is 57.2 cm³/mol. The normalized spacial score (nSPS) is 10.4. The molecule has 0 heterocycles. The SMILES string of the molecule is COc1cc2ccccc2c(O)c1Cl. The molecule has 2 rings (SSSR count). The Kier molecular flexibility index (Phi) is 2.22. The van der Waals surface area contributed by atoms with Crippen LogP contribution in [-0.4, -0.2) is 12.2 Å². The largest absolute Gasteiger partial charge is 0.506 e. The first-order valence-electron chi connectivity index (χ1n) is 4.18. The average molecular weight is 209 g/mol. The third kappa shape index (κ3) is 1.28. The lowest BCUT2D eigenvalue weighted by molar-refractivity contribution is 0.410. The van der Waals surface area contributed by atoms with Crippen molar-refractivity contribution in [3.63, 3.8) is 0 Å². The van der Waals surface area contributed by atoms with E-state index in [2.05, 4.69) is 0 Å². The molecule has 72 valence electrons. The highest BCUT2D eigenvalue weighted by molar-refractivity contribution is 6.34. The second-order valence-corrected chi connectivity index (χ2v) is 3.34. The smallest absolute Gasteiger partial charge is 0.145 e. The van der Waals surface area contributed by atoms with Crippen molar-refractivity contribution in [3.8, 4) is 11.5 Å². The number of methoxy groups -OCH3 is 1. The molecule has 3 heteroatoms. The lowest BCUT2D eigenvalue weighted by atomic mass is 10.1. The van der Waals surface area contributed by atoms with Gasteiger partial charge in [-0.15, -0.1) is 0 Å². The maximum absolute atomic E-state index is 9.76. The van der Waals surface area contributed by atoms with Crippen molar-refractivity contribution in [1.82, 2.24) is 0 Å². The van der Waals surface area contributed by atoms with E-state index in [1.165, 1.54) is 7.11 Å². The molecular weight excluding hydrogens is 200 g/mol. The lowest BCUT2D eigenvalue weighted by Crippen LogP contribution is -1.85. The summed E-state index contributed by atoms with van der Waals surface area (Å²) in [5, 5.41) is 11.7. The Morgan fingerprint density at radius 3 is 2.71 bits per heavy atom. The monoisotopic (exact) mass is 208 g/mol. The quantitative estimate of drug-likeness (QED) is 0.780. The molecule has 0 saturated heterocycles. The molecule has 0 aliphatic carbocycles. The number of ether oxygens (including phenoxy) is 1. The predicted octanol–water partition coefficient (Wildman–Crippen LogP) is 3.21. The number of rotatable bonds is 1. The van der Waals surface area contributed by atoms with Gasteiger partial charge in [0.25, 0.3) is 0 Å². The zero-order chi connectivity index (χ0) is 10.1. The number of halogens is 1. The van der Waals surface area contributed by atoms with Gasteiger partial charge in [-0.1, -0.05) is 35.9 Å².